The largest absolute Gasteiger partial charge is 0.497 e. The molecule has 0 aliphatic heterocycles. The Bertz CT molecular complexity index is 1140. The van der Waals surface area contributed by atoms with Gasteiger partial charge in [-0.2, -0.15) is 0 Å². The van der Waals surface area contributed by atoms with Crippen LogP contribution >= 0.6 is 11.8 Å². The molecule has 1 aromatic heterocycles. The van der Waals surface area contributed by atoms with Crippen LogP contribution in [-0.4, -0.2) is 50.6 Å². The molecule has 158 valence electrons. The fourth-order valence-electron chi connectivity index (χ4n) is 2.52. The first kappa shape index (κ1) is 21.7. The molecular formula is C19H19N3O6S2. The Kier molecular flexibility index (Phi) is 6.63. The van der Waals surface area contributed by atoms with Crippen molar-refractivity contribution in [3.05, 3.63) is 48.0 Å². The Morgan fingerprint density at radius 2 is 1.83 bits per heavy atom. The molecule has 11 heteroatoms. The quantitative estimate of drug-likeness (QED) is 0.388. The molecule has 0 saturated carbocycles. The van der Waals surface area contributed by atoms with Crippen LogP contribution in [0.25, 0.3) is 11.5 Å². The number of nitrogens with one attached hydrogen (secondary N) is 1. The Labute approximate surface area is 177 Å². The van der Waals surface area contributed by atoms with Crippen molar-refractivity contribution in [2.75, 3.05) is 31.0 Å². The van der Waals surface area contributed by atoms with E-state index < -0.39 is 10.0 Å². The van der Waals surface area contributed by atoms with Crippen LogP contribution in [0.15, 0.2) is 52.1 Å². The van der Waals surface area contributed by atoms with E-state index in [9.17, 15) is 13.2 Å². The molecule has 0 unspecified atom stereocenters. The second-order valence-electron chi connectivity index (χ2n) is 6.10. The second kappa shape index (κ2) is 9.18. The molecule has 2 aromatic carbocycles. The third kappa shape index (κ3) is 5.51. The van der Waals surface area contributed by atoms with E-state index in [0.717, 1.165) is 18.0 Å². The maximum absolute atomic E-state index is 12.6. The van der Waals surface area contributed by atoms with Crippen LogP contribution < -0.4 is 14.2 Å². The fraction of sp³-hybridized carbons (Fsp3) is 0.211. The molecule has 0 aliphatic rings. The zero-order valence-electron chi connectivity index (χ0n) is 16.4. The Balaban J connectivity index is 1.67. The number of ketones is 1. The first-order valence-electron chi connectivity index (χ1n) is 8.59. The highest BCUT2D eigenvalue weighted by Gasteiger charge is 2.16. The molecule has 1 N–H and O–H groups in total. The minimum atomic E-state index is -3.35. The van der Waals surface area contributed by atoms with Gasteiger partial charge in [-0.1, -0.05) is 11.8 Å². The molecule has 0 amide bonds. The molecule has 0 aliphatic carbocycles. The van der Waals surface area contributed by atoms with Gasteiger partial charge in [0.05, 0.1) is 31.8 Å². The van der Waals surface area contributed by atoms with Crippen LogP contribution in [0.2, 0.25) is 0 Å². The first-order chi connectivity index (χ1) is 14.3. The second-order valence-corrected chi connectivity index (χ2v) is 8.78. The van der Waals surface area contributed by atoms with Crippen molar-refractivity contribution < 1.29 is 27.1 Å². The van der Waals surface area contributed by atoms with Crippen LogP contribution in [0.5, 0.6) is 11.5 Å². The number of aromatic nitrogens is 2. The van der Waals surface area contributed by atoms with Crippen LogP contribution in [0.3, 0.4) is 0 Å². The predicted molar refractivity (Wildman–Crippen MR) is 113 cm³/mol. The Morgan fingerprint density at radius 3 is 2.47 bits per heavy atom. The third-order valence-electron chi connectivity index (χ3n) is 3.88. The van der Waals surface area contributed by atoms with E-state index in [2.05, 4.69) is 14.9 Å². The summed E-state index contributed by atoms with van der Waals surface area (Å²) in [6.07, 6.45) is 1.07. The lowest BCUT2D eigenvalue weighted by Gasteiger charge is -2.08. The highest BCUT2D eigenvalue weighted by molar-refractivity contribution is 7.99. The zero-order chi connectivity index (χ0) is 21.7. The lowest BCUT2D eigenvalue weighted by Crippen LogP contribution is -2.09. The number of carbonyl (C=O) groups excluding carboxylic acids is 1. The molecule has 3 rings (SSSR count). The topological polar surface area (TPSA) is 121 Å². The van der Waals surface area contributed by atoms with Gasteiger partial charge in [-0.15, -0.1) is 10.2 Å². The van der Waals surface area contributed by atoms with Gasteiger partial charge in [0.25, 0.3) is 5.22 Å². The van der Waals surface area contributed by atoms with Crippen molar-refractivity contribution in [3.8, 4) is 23.0 Å². The van der Waals surface area contributed by atoms with Gasteiger partial charge in [-0.3, -0.25) is 9.52 Å². The van der Waals surface area contributed by atoms with Gasteiger partial charge in [-0.05, 0) is 42.5 Å². The van der Waals surface area contributed by atoms with E-state index >= 15 is 0 Å². The molecule has 0 fully saturated rings. The van der Waals surface area contributed by atoms with Crippen LogP contribution in [0, 0.1) is 0 Å². The maximum Gasteiger partial charge on any atom is 0.277 e. The van der Waals surface area contributed by atoms with E-state index in [1.165, 1.54) is 14.2 Å². The number of anilines is 1. The molecule has 30 heavy (non-hydrogen) atoms. The summed E-state index contributed by atoms with van der Waals surface area (Å²) in [4.78, 5) is 12.6. The van der Waals surface area contributed by atoms with Gasteiger partial charge in [-0.25, -0.2) is 8.42 Å². The molecule has 9 nitrogen and oxygen atoms in total. The lowest BCUT2D eigenvalue weighted by atomic mass is 10.1. The number of methoxy groups -OCH3 is 2. The number of Topliss-reactive ketones (excluding diaryl/α,β-unsaturated/α-hetero) is 1. The van der Waals surface area contributed by atoms with Crippen molar-refractivity contribution in [3.63, 3.8) is 0 Å². The molecule has 0 spiro atoms. The van der Waals surface area contributed by atoms with E-state index in [0.29, 0.717) is 28.3 Å². The summed E-state index contributed by atoms with van der Waals surface area (Å²) in [5.41, 5.74) is 1.44. The monoisotopic (exact) mass is 449 g/mol. The van der Waals surface area contributed by atoms with Gasteiger partial charge < -0.3 is 13.9 Å². The average Bonchev–Trinajstić information content (AvgIpc) is 3.20. The zero-order valence-corrected chi connectivity index (χ0v) is 18.0. The minimum absolute atomic E-state index is 0.0718. The molecule has 0 saturated heterocycles. The summed E-state index contributed by atoms with van der Waals surface area (Å²) >= 11 is 1.10. The summed E-state index contributed by atoms with van der Waals surface area (Å²) in [5.74, 6) is 1.16. The lowest BCUT2D eigenvalue weighted by molar-refractivity contribution is 0.101. The summed E-state index contributed by atoms with van der Waals surface area (Å²) in [6, 6.07) is 11.5. The Hall–Kier alpha value is -3.05. The number of carbonyl (C=O) groups is 1. The molecule has 0 atom stereocenters. The van der Waals surface area contributed by atoms with Crippen molar-refractivity contribution in [1.29, 1.82) is 0 Å². The number of hydrogen-bond donors (Lipinski definition) is 1. The summed E-state index contributed by atoms with van der Waals surface area (Å²) in [7, 11) is -0.337. The van der Waals surface area contributed by atoms with Crippen molar-refractivity contribution >= 4 is 33.3 Å². The van der Waals surface area contributed by atoms with Gasteiger partial charge >= 0.3 is 0 Å². The van der Waals surface area contributed by atoms with E-state index in [-0.39, 0.29) is 22.6 Å². The van der Waals surface area contributed by atoms with Crippen LogP contribution in [0.1, 0.15) is 10.4 Å². The molecule has 0 bridgehead atoms. The highest BCUT2D eigenvalue weighted by Crippen LogP contribution is 2.28. The minimum Gasteiger partial charge on any atom is -0.497 e. The van der Waals surface area contributed by atoms with Gasteiger partial charge in [0.1, 0.15) is 11.5 Å². The molecule has 0 radical (unpaired) electrons. The summed E-state index contributed by atoms with van der Waals surface area (Å²) < 4.78 is 40.9. The number of rotatable bonds is 9. The standard InChI is InChI=1S/C19H19N3O6S2/c1-26-14-8-9-17(27-2)15(10-14)16(23)11-29-19-21-20-18(28-19)12-4-6-13(7-5-12)22-30(3,24)25/h4-10,22H,11H2,1-3H3. The normalized spacial score (nSPS) is 11.2. The van der Waals surface area contributed by atoms with Crippen molar-refractivity contribution in [1.82, 2.24) is 10.2 Å². The molecule has 1 heterocycles. The SMILES string of the molecule is COc1ccc(OC)c(C(=O)CSc2nnc(-c3ccc(NS(C)(=O)=O)cc3)o2)c1. The summed E-state index contributed by atoms with van der Waals surface area (Å²) in [5, 5.41) is 8.15. The first-order valence-corrected chi connectivity index (χ1v) is 11.5. The van der Waals surface area contributed by atoms with Gasteiger partial charge in [0.15, 0.2) is 5.78 Å². The van der Waals surface area contributed by atoms with Crippen LogP contribution in [0.4, 0.5) is 5.69 Å². The van der Waals surface area contributed by atoms with E-state index in [1.807, 2.05) is 0 Å². The Morgan fingerprint density at radius 1 is 1.10 bits per heavy atom. The summed E-state index contributed by atoms with van der Waals surface area (Å²) in [6.45, 7) is 0. The highest BCUT2D eigenvalue weighted by atomic mass is 32.2. The third-order valence-corrected chi connectivity index (χ3v) is 5.30. The smallest absolute Gasteiger partial charge is 0.277 e. The number of nitrogens with zero attached hydrogens (tertiary/aromatic N) is 2. The van der Waals surface area contributed by atoms with Gasteiger partial charge in [0, 0.05) is 11.3 Å². The molecular weight excluding hydrogens is 430 g/mol. The number of ether oxygens (including phenoxy) is 2. The number of benzene rings is 2. The maximum atomic E-state index is 12.6. The van der Waals surface area contributed by atoms with Gasteiger partial charge in [0.2, 0.25) is 15.9 Å². The molecule has 3 aromatic rings. The number of hydrogen-bond acceptors (Lipinski definition) is 9. The van der Waals surface area contributed by atoms with E-state index in [4.69, 9.17) is 13.9 Å². The van der Waals surface area contributed by atoms with Crippen molar-refractivity contribution in [2.24, 2.45) is 0 Å². The van der Waals surface area contributed by atoms with Crippen LogP contribution in [-0.2, 0) is 10.0 Å². The predicted octanol–water partition coefficient (Wildman–Crippen LogP) is 3.10. The average molecular weight is 450 g/mol. The van der Waals surface area contributed by atoms with E-state index in [1.54, 1.807) is 42.5 Å². The fourth-order valence-corrected chi connectivity index (χ4v) is 3.73. The number of thioether (sulfide) groups is 1. The number of sulfonamides is 1. The van der Waals surface area contributed by atoms with Crippen molar-refractivity contribution in [2.45, 2.75) is 5.22 Å².